The van der Waals surface area contributed by atoms with Crippen LogP contribution < -0.4 is 9.47 Å². The first-order valence-corrected chi connectivity index (χ1v) is 10.4. The summed E-state index contributed by atoms with van der Waals surface area (Å²) in [5, 5.41) is 4.49. The van der Waals surface area contributed by atoms with Gasteiger partial charge in [0, 0.05) is 25.4 Å². The minimum atomic E-state index is -4.45. The molecular weight excluding hydrogens is 442 g/mol. The van der Waals surface area contributed by atoms with Crippen LogP contribution in [0.4, 0.5) is 17.6 Å². The molecule has 2 aromatic heterocycles. The van der Waals surface area contributed by atoms with Gasteiger partial charge in [0.1, 0.15) is 5.75 Å². The normalized spacial score (nSPS) is 11.5. The van der Waals surface area contributed by atoms with E-state index >= 15 is 0 Å². The summed E-state index contributed by atoms with van der Waals surface area (Å²) in [6.07, 6.45) is 0.909. The molecule has 0 unspecified atom stereocenters. The standard InChI is InChI=1S/C23H23F4N3O3/c1-3-5-20-16(14-30(29-20)22-10-7-17(13-28-22)23(25,26)27)6-4-11-32-18-8-9-19(24)21(12-18)33-15(2)31/h7-10,12-14H,3-6,11H2,1-2H3. The van der Waals surface area contributed by atoms with E-state index in [1.54, 1.807) is 6.20 Å². The fourth-order valence-corrected chi connectivity index (χ4v) is 3.17. The third-order valence-electron chi connectivity index (χ3n) is 4.69. The number of esters is 1. The monoisotopic (exact) mass is 465 g/mol. The van der Waals surface area contributed by atoms with Crippen LogP contribution in [0.3, 0.4) is 0 Å². The van der Waals surface area contributed by atoms with E-state index in [2.05, 4.69) is 10.1 Å². The summed E-state index contributed by atoms with van der Waals surface area (Å²) < 4.78 is 63.9. The second kappa shape index (κ2) is 10.5. The third kappa shape index (κ3) is 6.53. The van der Waals surface area contributed by atoms with Gasteiger partial charge in [-0.15, -0.1) is 0 Å². The number of carbonyl (C=O) groups excluding carboxylic acids is 1. The smallest absolute Gasteiger partial charge is 0.417 e. The highest BCUT2D eigenvalue weighted by Gasteiger charge is 2.30. The summed E-state index contributed by atoms with van der Waals surface area (Å²) in [4.78, 5) is 14.9. The zero-order valence-corrected chi connectivity index (χ0v) is 18.2. The SMILES string of the molecule is CCCc1nn(-c2ccc(C(F)(F)F)cn2)cc1CCCOc1ccc(F)c(OC(C)=O)c1. The maximum Gasteiger partial charge on any atom is 0.417 e. The van der Waals surface area contributed by atoms with Crippen molar-refractivity contribution in [3.63, 3.8) is 0 Å². The molecule has 1 aromatic carbocycles. The Balaban J connectivity index is 1.64. The van der Waals surface area contributed by atoms with Crippen molar-refractivity contribution in [2.24, 2.45) is 0 Å². The maximum atomic E-state index is 13.7. The van der Waals surface area contributed by atoms with Gasteiger partial charge in [-0.05, 0) is 49.1 Å². The summed E-state index contributed by atoms with van der Waals surface area (Å²) in [5.41, 5.74) is 0.974. The Morgan fingerprint density at radius 2 is 1.94 bits per heavy atom. The average molecular weight is 465 g/mol. The molecule has 3 rings (SSSR count). The highest BCUT2D eigenvalue weighted by molar-refractivity contribution is 5.69. The van der Waals surface area contributed by atoms with Gasteiger partial charge in [-0.1, -0.05) is 13.3 Å². The fraction of sp³-hybridized carbons (Fsp3) is 0.348. The molecule has 0 saturated heterocycles. The second-order valence-electron chi connectivity index (χ2n) is 7.34. The Kier molecular flexibility index (Phi) is 7.67. The Labute approximate surface area is 188 Å². The van der Waals surface area contributed by atoms with Crippen LogP contribution in [0.5, 0.6) is 11.5 Å². The summed E-state index contributed by atoms with van der Waals surface area (Å²) in [7, 11) is 0. The number of rotatable bonds is 9. The van der Waals surface area contributed by atoms with Crippen LogP contribution in [-0.2, 0) is 23.8 Å². The molecule has 0 fully saturated rings. The molecule has 10 heteroatoms. The van der Waals surface area contributed by atoms with Gasteiger partial charge in [0.25, 0.3) is 0 Å². The largest absolute Gasteiger partial charge is 0.493 e. The predicted molar refractivity (Wildman–Crippen MR) is 112 cm³/mol. The van der Waals surface area contributed by atoms with E-state index < -0.39 is 23.5 Å². The Hall–Kier alpha value is -3.43. The summed E-state index contributed by atoms with van der Waals surface area (Å²) in [6, 6.07) is 6.18. The first kappa shape index (κ1) is 24.2. The van der Waals surface area contributed by atoms with Crippen molar-refractivity contribution in [1.82, 2.24) is 14.8 Å². The van der Waals surface area contributed by atoms with Crippen LogP contribution in [0.1, 0.15) is 43.5 Å². The third-order valence-corrected chi connectivity index (χ3v) is 4.69. The second-order valence-corrected chi connectivity index (χ2v) is 7.34. The lowest BCUT2D eigenvalue weighted by Crippen LogP contribution is -2.07. The minimum absolute atomic E-state index is 0.199. The van der Waals surface area contributed by atoms with Crippen LogP contribution in [0.25, 0.3) is 5.82 Å². The lowest BCUT2D eigenvalue weighted by atomic mass is 10.1. The number of benzene rings is 1. The van der Waals surface area contributed by atoms with E-state index in [1.165, 1.54) is 29.8 Å². The number of hydrogen-bond acceptors (Lipinski definition) is 5. The van der Waals surface area contributed by atoms with Crippen LogP contribution in [0.2, 0.25) is 0 Å². The molecule has 176 valence electrons. The van der Waals surface area contributed by atoms with Crippen molar-refractivity contribution in [2.45, 2.75) is 45.7 Å². The number of alkyl halides is 3. The van der Waals surface area contributed by atoms with Gasteiger partial charge in [0.15, 0.2) is 17.4 Å². The fourth-order valence-electron chi connectivity index (χ4n) is 3.17. The molecule has 33 heavy (non-hydrogen) atoms. The maximum absolute atomic E-state index is 13.7. The number of aromatic nitrogens is 3. The van der Waals surface area contributed by atoms with Crippen molar-refractivity contribution in [1.29, 1.82) is 0 Å². The predicted octanol–water partition coefficient (Wildman–Crippen LogP) is 5.31. The summed E-state index contributed by atoms with van der Waals surface area (Å²) >= 11 is 0. The van der Waals surface area contributed by atoms with Gasteiger partial charge in [-0.25, -0.2) is 14.1 Å². The van der Waals surface area contributed by atoms with E-state index in [4.69, 9.17) is 9.47 Å². The Morgan fingerprint density at radius 3 is 2.58 bits per heavy atom. The zero-order valence-electron chi connectivity index (χ0n) is 18.2. The molecule has 0 aliphatic heterocycles. The number of halogens is 4. The first-order chi connectivity index (χ1) is 15.7. The van der Waals surface area contributed by atoms with Crippen molar-refractivity contribution >= 4 is 5.97 Å². The lowest BCUT2D eigenvalue weighted by molar-refractivity contribution is -0.138. The van der Waals surface area contributed by atoms with E-state index in [-0.39, 0.29) is 5.75 Å². The van der Waals surface area contributed by atoms with E-state index in [0.29, 0.717) is 37.4 Å². The van der Waals surface area contributed by atoms with Crippen molar-refractivity contribution in [3.8, 4) is 17.3 Å². The number of carbonyl (C=O) groups is 1. The molecule has 3 aromatic rings. The topological polar surface area (TPSA) is 66.2 Å². The first-order valence-electron chi connectivity index (χ1n) is 10.4. The molecule has 0 amide bonds. The number of pyridine rings is 1. The summed E-state index contributed by atoms with van der Waals surface area (Å²) in [5.74, 6) is -0.825. The van der Waals surface area contributed by atoms with Crippen LogP contribution in [0, 0.1) is 5.82 Å². The van der Waals surface area contributed by atoms with E-state index in [1.807, 2.05) is 6.92 Å². The molecule has 6 nitrogen and oxygen atoms in total. The number of nitrogens with zero attached hydrogens (tertiary/aromatic N) is 3. The van der Waals surface area contributed by atoms with Gasteiger partial charge in [-0.2, -0.15) is 18.3 Å². The average Bonchev–Trinajstić information content (AvgIpc) is 3.15. The highest BCUT2D eigenvalue weighted by atomic mass is 19.4. The number of aryl methyl sites for hydroxylation is 2. The molecule has 0 saturated carbocycles. The van der Waals surface area contributed by atoms with Crippen molar-refractivity contribution in [2.75, 3.05) is 6.61 Å². The molecule has 0 N–H and O–H groups in total. The summed E-state index contributed by atoms with van der Waals surface area (Å²) in [6.45, 7) is 3.51. The molecular formula is C23H23F4N3O3. The molecule has 0 aliphatic carbocycles. The Morgan fingerprint density at radius 1 is 1.15 bits per heavy atom. The van der Waals surface area contributed by atoms with E-state index in [0.717, 1.165) is 36.0 Å². The number of hydrogen-bond donors (Lipinski definition) is 0. The van der Waals surface area contributed by atoms with Crippen molar-refractivity contribution in [3.05, 3.63) is 65.4 Å². The molecule has 2 heterocycles. The van der Waals surface area contributed by atoms with Gasteiger partial charge < -0.3 is 9.47 Å². The van der Waals surface area contributed by atoms with Gasteiger partial charge >= 0.3 is 12.1 Å². The Bertz CT molecular complexity index is 1100. The van der Waals surface area contributed by atoms with Gasteiger partial charge in [0.2, 0.25) is 0 Å². The van der Waals surface area contributed by atoms with Gasteiger partial charge in [0.05, 0.1) is 17.9 Å². The molecule has 0 radical (unpaired) electrons. The lowest BCUT2D eigenvalue weighted by Gasteiger charge is -2.09. The quantitative estimate of drug-likeness (QED) is 0.185. The van der Waals surface area contributed by atoms with Gasteiger partial charge in [-0.3, -0.25) is 4.79 Å². The molecule has 0 spiro atoms. The van der Waals surface area contributed by atoms with Crippen LogP contribution in [0.15, 0.2) is 42.7 Å². The van der Waals surface area contributed by atoms with Crippen molar-refractivity contribution < 1.29 is 31.8 Å². The molecule has 0 atom stereocenters. The number of ether oxygens (including phenoxy) is 2. The van der Waals surface area contributed by atoms with Crippen LogP contribution >= 0.6 is 0 Å². The minimum Gasteiger partial charge on any atom is -0.493 e. The van der Waals surface area contributed by atoms with E-state index in [9.17, 15) is 22.4 Å². The highest BCUT2D eigenvalue weighted by Crippen LogP contribution is 2.29. The van der Waals surface area contributed by atoms with Crippen LogP contribution in [-0.4, -0.2) is 27.3 Å². The molecule has 0 aliphatic rings. The zero-order chi connectivity index (χ0) is 24.0. The molecule has 0 bridgehead atoms.